The predicted octanol–water partition coefficient (Wildman–Crippen LogP) is 1.37. The quantitative estimate of drug-likeness (QED) is 0.859. The van der Waals surface area contributed by atoms with Gasteiger partial charge in [-0.25, -0.2) is 8.42 Å². The molecule has 0 amide bonds. The average molecular weight is 298 g/mol. The van der Waals surface area contributed by atoms with E-state index in [2.05, 4.69) is 22.3 Å². The van der Waals surface area contributed by atoms with Gasteiger partial charge < -0.3 is 15.0 Å². The predicted molar refractivity (Wildman–Crippen MR) is 82.3 cm³/mol. The summed E-state index contributed by atoms with van der Waals surface area (Å²) in [6.07, 6.45) is 0. The molecule has 0 radical (unpaired) electrons. The largest absolute Gasteiger partial charge is 0.384 e. The van der Waals surface area contributed by atoms with Crippen LogP contribution >= 0.6 is 0 Å². The third kappa shape index (κ3) is 4.38. The molecule has 1 fully saturated rings. The Labute approximate surface area is 120 Å². The molecule has 1 aliphatic heterocycles. The number of benzene rings is 1. The van der Waals surface area contributed by atoms with Crippen LogP contribution in [0.15, 0.2) is 24.3 Å². The van der Waals surface area contributed by atoms with Gasteiger partial charge in [0.2, 0.25) is 0 Å². The first-order chi connectivity index (χ1) is 9.61. The lowest BCUT2D eigenvalue weighted by Crippen LogP contribution is -2.36. The smallest absolute Gasteiger partial charge is 0.151 e. The first-order valence-electron chi connectivity index (χ1n) is 6.98. The molecular weight excluding hydrogens is 276 g/mol. The topological polar surface area (TPSA) is 58.6 Å². The van der Waals surface area contributed by atoms with Crippen molar-refractivity contribution in [3.63, 3.8) is 0 Å². The van der Waals surface area contributed by atoms with Gasteiger partial charge in [0, 0.05) is 36.8 Å². The van der Waals surface area contributed by atoms with E-state index in [1.165, 1.54) is 5.69 Å². The van der Waals surface area contributed by atoms with E-state index < -0.39 is 9.84 Å². The first kappa shape index (κ1) is 15.1. The third-order valence-corrected chi connectivity index (χ3v) is 5.13. The van der Waals surface area contributed by atoms with E-state index in [1.807, 2.05) is 12.1 Å². The summed E-state index contributed by atoms with van der Waals surface area (Å²) in [5.41, 5.74) is 2.13. The maximum atomic E-state index is 11.4. The summed E-state index contributed by atoms with van der Waals surface area (Å²) in [5.74, 6) is 0.374. The zero-order valence-corrected chi connectivity index (χ0v) is 12.7. The maximum absolute atomic E-state index is 11.4. The second-order valence-corrected chi connectivity index (χ2v) is 7.28. The van der Waals surface area contributed by atoms with Crippen molar-refractivity contribution in [2.24, 2.45) is 0 Å². The van der Waals surface area contributed by atoms with Crippen molar-refractivity contribution in [2.45, 2.75) is 6.92 Å². The molecule has 0 bridgehead atoms. The van der Waals surface area contributed by atoms with Crippen LogP contribution < -0.4 is 10.2 Å². The highest BCUT2D eigenvalue weighted by atomic mass is 32.2. The summed E-state index contributed by atoms with van der Waals surface area (Å²) in [6.45, 7) is 5.51. The van der Waals surface area contributed by atoms with Crippen molar-refractivity contribution in [2.75, 3.05) is 54.6 Å². The minimum atomic E-state index is -2.90. The Kier molecular flexibility index (Phi) is 5.25. The Morgan fingerprint density at radius 2 is 1.85 bits per heavy atom. The van der Waals surface area contributed by atoms with Crippen molar-refractivity contribution in [1.82, 2.24) is 0 Å². The van der Waals surface area contributed by atoms with Crippen LogP contribution in [0.3, 0.4) is 0 Å². The van der Waals surface area contributed by atoms with Crippen LogP contribution in [-0.2, 0) is 14.6 Å². The molecule has 0 aliphatic carbocycles. The third-order valence-electron chi connectivity index (χ3n) is 3.43. The Bertz CT molecular complexity index is 508. The van der Waals surface area contributed by atoms with Gasteiger partial charge in [0.15, 0.2) is 9.84 Å². The summed E-state index contributed by atoms with van der Waals surface area (Å²) in [6, 6.07) is 8.09. The number of rotatable bonds is 6. The molecule has 0 spiro atoms. The van der Waals surface area contributed by atoms with Crippen molar-refractivity contribution in [3.05, 3.63) is 24.3 Å². The van der Waals surface area contributed by atoms with Crippen LogP contribution in [-0.4, -0.2) is 52.8 Å². The summed E-state index contributed by atoms with van der Waals surface area (Å²) in [5, 5.41) is 3.14. The first-order valence-corrected chi connectivity index (χ1v) is 8.80. The number of anilines is 2. The number of morpholine rings is 1. The molecule has 1 N–H and O–H groups in total. The van der Waals surface area contributed by atoms with Gasteiger partial charge in [-0.1, -0.05) is 6.92 Å². The number of hydrogen-bond acceptors (Lipinski definition) is 5. The van der Waals surface area contributed by atoms with Crippen molar-refractivity contribution in [1.29, 1.82) is 0 Å². The van der Waals surface area contributed by atoms with Gasteiger partial charge in [-0.3, -0.25) is 0 Å². The van der Waals surface area contributed by atoms with Crippen molar-refractivity contribution >= 4 is 21.2 Å². The van der Waals surface area contributed by atoms with E-state index in [-0.39, 0.29) is 11.5 Å². The lowest BCUT2D eigenvalue weighted by molar-refractivity contribution is 0.122. The molecule has 1 saturated heterocycles. The Morgan fingerprint density at radius 3 is 2.45 bits per heavy atom. The number of sulfone groups is 1. The van der Waals surface area contributed by atoms with Crippen LogP contribution in [0.4, 0.5) is 11.4 Å². The van der Waals surface area contributed by atoms with Gasteiger partial charge in [0.05, 0.1) is 19.0 Å². The van der Waals surface area contributed by atoms with Crippen LogP contribution in [0.1, 0.15) is 6.92 Å². The van der Waals surface area contributed by atoms with Crippen LogP contribution in [0.2, 0.25) is 0 Å². The average Bonchev–Trinajstić information content (AvgIpc) is 2.49. The Morgan fingerprint density at radius 1 is 1.20 bits per heavy atom. The Balaban J connectivity index is 1.85. The fourth-order valence-electron chi connectivity index (χ4n) is 2.11. The molecule has 0 saturated carbocycles. The number of hydrogen-bond donors (Lipinski definition) is 1. The summed E-state index contributed by atoms with van der Waals surface area (Å²) in [4.78, 5) is 2.29. The standard InChI is InChI=1S/C14H22N2O3S/c1-2-20(17,18)12-7-15-13-3-5-14(6-4-13)16-8-10-19-11-9-16/h3-6,15H,2,7-12H2,1H3. The van der Waals surface area contributed by atoms with Gasteiger partial charge in [0.25, 0.3) is 0 Å². The highest BCUT2D eigenvalue weighted by molar-refractivity contribution is 7.91. The Hall–Kier alpha value is -1.27. The second kappa shape index (κ2) is 6.95. The molecule has 1 aromatic rings. The minimum Gasteiger partial charge on any atom is -0.384 e. The van der Waals surface area contributed by atoms with E-state index in [9.17, 15) is 8.42 Å². The highest BCUT2D eigenvalue weighted by Gasteiger charge is 2.11. The molecule has 1 aliphatic rings. The minimum absolute atomic E-state index is 0.175. The molecule has 1 aromatic carbocycles. The number of nitrogens with zero attached hydrogens (tertiary/aromatic N) is 1. The number of ether oxygens (including phenoxy) is 1. The van der Waals surface area contributed by atoms with Gasteiger partial charge in [-0.2, -0.15) is 0 Å². The normalized spacial score (nSPS) is 16.1. The lowest BCUT2D eigenvalue weighted by atomic mass is 10.2. The zero-order chi connectivity index (χ0) is 14.4. The zero-order valence-electron chi connectivity index (χ0n) is 11.8. The van der Waals surface area contributed by atoms with Gasteiger partial charge >= 0.3 is 0 Å². The number of nitrogens with one attached hydrogen (secondary N) is 1. The van der Waals surface area contributed by atoms with Gasteiger partial charge in [-0.15, -0.1) is 0 Å². The van der Waals surface area contributed by atoms with Gasteiger partial charge in [0.1, 0.15) is 0 Å². The molecule has 1 heterocycles. The highest BCUT2D eigenvalue weighted by Crippen LogP contribution is 2.18. The van der Waals surface area contributed by atoms with E-state index >= 15 is 0 Å². The van der Waals surface area contributed by atoms with Gasteiger partial charge in [-0.05, 0) is 24.3 Å². The monoisotopic (exact) mass is 298 g/mol. The SMILES string of the molecule is CCS(=O)(=O)CCNc1ccc(N2CCOCC2)cc1. The molecule has 0 aromatic heterocycles. The van der Waals surface area contributed by atoms with Crippen LogP contribution in [0.25, 0.3) is 0 Å². The summed E-state index contributed by atoms with van der Waals surface area (Å²) < 4.78 is 28.1. The van der Waals surface area contributed by atoms with E-state index in [1.54, 1.807) is 6.92 Å². The maximum Gasteiger partial charge on any atom is 0.151 e. The second-order valence-electron chi connectivity index (χ2n) is 4.81. The molecule has 6 heteroatoms. The molecule has 0 unspecified atom stereocenters. The van der Waals surface area contributed by atoms with Crippen LogP contribution in [0.5, 0.6) is 0 Å². The fourth-order valence-corrected chi connectivity index (χ4v) is 2.81. The lowest BCUT2D eigenvalue weighted by Gasteiger charge is -2.28. The summed E-state index contributed by atoms with van der Waals surface area (Å²) in [7, 11) is -2.90. The van der Waals surface area contributed by atoms with E-state index in [0.717, 1.165) is 32.0 Å². The molecule has 2 rings (SSSR count). The van der Waals surface area contributed by atoms with Crippen molar-refractivity contribution < 1.29 is 13.2 Å². The molecule has 112 valence electrons. The fraction of sp³-hybridized carbons (Fsp3) is 0.571. The molecule has 5 nitrogen and oxygen atoms in total. The molecular formula is C14H22N2O3S. The van der Waals surface area contributed by atoms with Crippen molar-refractivity contribution in [3.8, 4) is 0 Å². The molecule has 0 atom stereocenters. The van der Waals surface area contributed by atoms with E-state index in [0.29, 0.717) is 6.54 Å². The van der Waals surface area contributed by atoms with Crippen LogP contribution in [0, 0.1) is 0 Å². The van der Waals surface area contributed by atoms with E-state index in [4.69, 9.17) is 4.74 Å². The molecule has 20 heavy (non-hydrogen) atoms. The summed E-state index contributed by atoms with van der Waals surface area (Å²) >= 11 is 0.